The van der Waals surface area contributed by atoms with Gasteiger partial charge in [0, 0.05) is 6.07 Å². The predicted molar refractivity (Wildman–Crippen MR) is 86.0 cm³/mol. The second kappa shape index (κ2) is 6.16. The van der Waals surface area contributed by atoms with Crippen molar-refractivity contribution in [3.63, 3.8) is 0 Å². The summed E-state index contributed by atoms with van der Waals surface area (Å²) in [4.78, 5) is 26.3. The van der Waals surface area contributed by atoms with E-state index in [1.54, 1.807) is 12.1 Å². The molecule has 2 aromatic heterocycles. The van der Waals surface area contributed by atoms with Crippen LogP contribution >= 0.6 is 11.3 Å². The van der Waals surface area contributed by atoms with Gasteiger partial charge in [-0.15, -0.1) is 0 Å². The molecule has 0 spiro atoms. The lowest BCUT2D eigenvalue weighted by Gasteiger charge is -2.03. The number of anilines is 1. The van der Waals surface area contributed by atoms with Crippen molar-refractivity contribution < 1.29 is 23.6 Å². The zero-order chi connectivity index (χ0) is 17.3. The standard InChI is InChI=1S/C14H11N3O6S/c1-21-7-5-9(22-2)12-10(6-7)24-14(15-12)16-13(18)8-3-4-11(23-8)17(19)20/h3-6H,1-2H3,(H,15,16,18). The van der Waals surface area contributed by atoms with Crippen LogP contribution in [0.5, 0.6) is 11.5 Å². The molecule has 0 saturated heterocycles. The number of carbonyl (C=O) groups excluding carboxylic acids is 1. The summed E-state index contributed by atoms with van der Waals surface area (Å²) < 4.78 is 16.1. The number of benzene rings is 1. The Labute approximate surface area is 139 Å². The minimum absolute atomic E-state index is 0.175. The zero-order valence-corrected chi connectivity index (χ0v) is 13.4. The van der Waals surface area contributed by atoms with Crippen molar-refractivity contribution in [3.8, 4) is 11.5 Å². The van der Waals surface area contributed by atoms with Crippen molar-refractivity contribution in [1.29, 1.82) is 0 Å². The molecule has 10 heteroatoms. The maximum atomic E-state index is 12.1. The second-order valence-corrected chi connectivity index (χ2v) is 5.58. The number of amides is 1. The third-order valence-electron chi connectivity index (χ3n) is 3.11. The first-order valence-corrected chi connectivity index (χ1v) is 7.41. The molecule has 3 rings (SSSR count). The molecule has 124 valence electrons. The average Bonchev–Trinajstić information content (AvgIpc) is 3.20. The third-order valence-corrected chi connectivity index (χ3v) is 4.02. The predicted octanol–water partition coefficient (Wildman–Crippen LogP) is 3.07. The Morgan fingerprint density at radius 2 is 2.12 bits per heavy atom. The fourth-order valence-corrected chi connectivity index (χ4v) is 2.92. The molecule has 1 N–H and O–H groups in total. The van der Waals surface area contributed by atoms with Crippen molar-refractivity contribution >= 4 is 38.5 Å². The number of fused-ring (bicyclic) bond motifs is 1. The Kier molecular flexibility index (Phi) is 4.04. The van der Waals surface area contributed by atoms with Crippen LogP contribution in [0.1, 0.15) is 10.6 Å². The van der Waals surface area contributed by atoms with E-state index in [2.05, 4.69) is 10.3 Å². The number of thiazole rings is 1. The van der Waals surface area contributed by atoms with Crippen LogP contribution in [-0.2, 0) is 0 Å². The molecular formula is C14H11N3O6S. The molecule has 0 aliphatic carbocycles. The first-order valence-electron chi connectivity index (χ1n) is 6.60. The zero-order valence-electron chi connectivity index (χ0n) is 12.6. The van der Waals surface area contributed by atoms with Gasteiger partial charge in [0.25, 0.3) is 5.91 Å². The van der Waals surface area contributed by atoms with E-state index >= 15 is 0 Å². The molecule has 0 fully saturated rings. The molecule has 1 amide bonds. The number of rotatable bonds is 5. The summed E-state index contributed by atoms with van der Waals surface area (Å²) in [7, 11) is 3.04. The highest BCUT2D eigenvalue weighted by Crippen LogP contribution is 2.36. The quantitative estimate of drug-likeness (QED) is 0.555. The van der Waals surface area contributed by atoms with Crippen molar-refractivity contribution in [2.75, 3.05) is 19.5 Å². The van der Waals surface area contributed by atoms with E-state index in [-0.39, 0.29) is 5.76 Å². The van der Waals surface area contributed by atoms with Gasteiger partial charge >= 0.3 is 5.88 Å². The largest absolute Gasteiger partial charge is 0.497 e. The number of aromatic nitrogens is 1. The van der Waals surface area contributed by atoms with Crippen LogP contribution in [0.2, 0.25) is 0 Å². The van der Waals surface area contributed by atoms with Crippen LogP contribution in [0.4, 0.5) is 11.0 Å². The molecule has 0 radical (unpaired) electrons. The highest BCUT2D eigenvalue weighted by atomic mass is 32.1. The van der Waals surface area contributed by atoms with Gasteiger partial charge in [0.2, 0.25) is 0 Å². The minimum atomic E-state index is -0.717. The lowest BCUT2D eigenvalue weighted by molar-refractivity contribution is -0.402. The van der Waals surface area contributed by atoms with E-state index in [0.29, 0.717) is 22.1 Å². The summed E-state index contributed by atoms with van der Waals surface area (Å²) in [5.41, 5.74) is 0.573. The van der Waals surface area contributed by atoms with Crippen LogP contribution in [0.3, 0.4) is 0 Å². The SMILES string of the molecule is COc1cc(OC)c2nc(NC(=O)c3ccc([N+](=O)[O-])o3)sc2c1. The van der Waals surface area contributed by atoms with Gasteiger partial charge in [-0.1, -0.05) is 11.3 Å². The van der Waals surface area contributed by atoms with E-state index in [0.717, 1.165) is 10.8 Å². The van der Waals surface area contributed by atoms with Crippen LogP contribution in [0, 0.1) is 10.1 Å². The Morgan fingerprint density at radius 3 is 2.75 bits per heavy atom. The maximum absolute atomic E-state index is 12.1. The summed E-state index contributed by atoms with van der Waals surface area (Å²) in [5, 5.41) is 13.4. The lowest BCUT2D eigenvalue weighted by Crippen LogP contribution is -2.10. The van der Waals surface area contributed by atoms with E-state index in [1.807, 2.05) is 0 Å². The number of hydrogen-bond acceptors (Lipinski definition) is 8. The number of methoxy groups -OCH3 is 2. The minimum Gasteiger partial charge on any atom is -0.497 e. The van der Waals surface area contributed by atoms with Gasteiger partial charge in [-0.05, 0) is 12.1 Å². The normalized spacial score (nSPS) is 10.6. The molecular weight excluding hydrogens is 338 g/mol. The third kappa shape index (κ3) is 2.86. The molecule has 9 nitrogen and oxygen atoms in total. The summed E-state index contributed by atoms with van der Waals surface area (Å²) in [6.45, 7) is 0. The molecule has 0 bridgehead atoms. The summed E-state index contributed by atoms with van der Waals surface area (Å²) in [6.07, 6.45) is 0. The van der Waals surface area contributed by atoms with E-state index < -0.39 is 16.7 Å². The molecule has 2 heterocycles. The smallest absolute Gasteiger partial charge is 0.433 e. The Bertz CT molecular complexity index is 932. The van der Waals surface area contributed by atoms with Gasteiger partial charge in [0.05, 0.1) is 25.0 Å². The summed E-state index contributed by atoms with van der Waals surface area (Å²) in [5.74, 6) is -0.202. The van der Waals surface area contributed by atoms with Gasteiger partial charge in [-0.2, -0.15) is 0 Å². The Morgan fingerprint density at radius 1 is 1.33 bits per heavy atom. The van der Waals surface area contributed by atoms with Gasteiger partial charge in [-0.25, -0.2) is 4.98 Å². The fraction of sp³-hybridized carbons (Fsp3) is 0.143. The first-order chi connectivity index (χ1) is 11.5. The maximum Gasteiger partial charge on any atom is 0.433 e. The fourth-order valence-electron chi connectivity index (χ4n) is 2.01. The number of nitro groups is 1. The molecule has 1 aromatic carbocycles. The van der Waals surface area contributed by atoms with E-state index in [9.17, 15) is 14.9 Å². The number of nitrogens with one attached hydrogen (secondary N) is 1. The van der Waals surface area contributed by atoms with Crippen LogP contribution < -0.4 is 14.8 Å². The second-order valence-electron chi connectivity index (χ2n) is 4.54. The summed E-state index contributed by atoms with van der Waals surface area (Å²) >= 11 is 1.21. The average molecular weight is 349 g/mol. The van der Waals surface area contributed by atoms with Gasteiger partial charge in [0.15, 0.2) is 10.9 Å². The molecule has 0 aliphatic heterocycles. The number of hydrogen-bond donors (Lipinski definition) is 1. The van der Waals surface area contributed by atoms with E-state index in [1.165, 1.54) is 31.6 Å². The van der Waals surface area contributed by atoms with Crippen molar-refractivity contribution in [2.24, 2.45) is 0 Å². The van der Waals surface area contributed by atoms with Gasteiger partial charge in [0.1, 0.15) is 21.9 Å². The van der Waals surface area contributed by atoms with Crippen LogP contribution in [-0.4, -0.2) is 30.0 Å². The molecule has 0 atom stereocenters. The Balaban J connectivity index is 1.89. The number of furan rings is 1. The lowest BCUT2D eigenvalue weighted by atomic mass is 10.3. The molecule has 0 aliphatic rings. The van der Waals surface area contributed by atoms with Crippen molar-refractivity contribution in [3.05, 3.63) is 40.1 Å². The first kappa shape index (κ1) is 15.7. The molecule has 3 aromatic rings. The number of carbonyl (C=O) groups is 1. The number of nitrogens with zero attached hydrogens (tertiary/aromatic N) is 2. The van der Waals surface area contributed by atoms with Gasteiger partial charge in [-0.3, -0.25) is 20.2 Å². The van der Waals surface area contributed by atoms with Crippen molar-refractivity contribution in [1.82, 2.24) is 4.98 Å². The molecule has 24 heavy (non-hydrogen) atoms. The highest BCUT2D eigenvalue weighted by Gasteiger charge is 2.19. The van der Waals surface area contributed by atoms with Crippen LogP contribution in [0.25, 0.3) is 10.2 Å². The summed E-state index contributed by atoms with van der Waals surface area (Å²) in [6, 6.07) is 5.79. The van der Waals surface area contributed by atoms with E-state index in [4.69, 9.17) is 13.9 Å². The molecule has 0 unspecified atom stereocenters. The van der Waals surface area contributed by atoms with Crippen molar-refractivity contribution in [2.45, 2.75) is 0 Å². The highest BCUT2D eigenvalue weighted by molar-refractivity contribution is 7.22. The Hall–Kier alpha value is -3.14. The topological polar surface area (TPSA) is 117 Å². The number of ether oxygens (including phenoxy) is 2. The monoisotopic (exact) mass is 349 g/mol. The van der Waals surface area contributed by atoms with Crippen LogP contribution in [0.15, 0.2) is 28.7 Å². The van der Waals surface area contributed by atoms with Gasteiger partial charge < -0.3 is 13.9 Å². The molecule has 0 saturated carbocycles.